The molecule has 10 heteroatoms. The highest BCUT2D eigenvalue weighted by Gasteiger charge is 2.43. The van der Waals surface area contributed by atoms with Crippen LogP contribution in [0.15, 0.2) is 52.9 Å². The Morgan fingerprint density at radius 1 is 1.00 bits per heavy atom. The number of hydrogen-bond donors (Lipinski definition) is 1. The van der Waals surface area contributed by atoms with Crippen LogP contribution in [0.25, 0.3) is 0 Å². The van der Waals surface area contributed by atoms with Crippen molar-refractivity contribution in [1.29, 1.82) is 0 Å². The van der Waals surface area contributed by atoms with Gasteiger partial charge in [-0.1, -0.05) is 23.2 Å². The second-order valence-corrected chi connectivity index (χ2v) is 11.9. The quantitative estimate of drug-likeness (QED) is 0.313. The highest BCUT2D eigenvalue weighted by Crippen LogP contribution is 2.50. The summed E-state index contributed by atoms with van der Waals surface area (Å²) < 4.78 is 12.3. The molecule has 0 saturated heterocycles. The van der Waals surface area contributed by atoms with Crippen LogP contribution in [0.1, 0.15) is 56.9 Å². The average molecular weight is 695 g/mol. The van der Waals surface area contributed by atoms with E-state index in [2.05, 4.69) is 39.7 Å². The molecule has 0 radical (unpaired) electrons. The summed E-state index contributed by atoms with van der Waals surface area (Å²) in [5.41, 5.74) is 4.87. The summed E-state index contributed by atoms with van der Waals surface area (Å²) in [6.07, 6.45) is 4.23. The Hall–Kier alpha value is -2.56. The first-order valence-corrected chi connectivity index (χ1v) is 15.1. The number of Topliss-reactive ketones (excluding diaryl/α,β-unsaturated/α-hetero) is 2. The molecule has 2 aromatic rings. The molecule has 0 saturated carbocycles. The third-order valence-corrected chi connectivity index (χ3v) is 9.08. The average Bonchev–Trinajstić information content (AvgIpc) is 2.93. The van der Waals surface area contributed by atoms with Gasteiger partial charge in [-0.2, -0.15) is 0 Å². The second kappa shape index (κ2) is 12.1. The van der Waals surface area contributed by atoms with E-state index in [1.807, 2.05) is 12.1 Å². The van der Waals surface area contributed by atoms with Crippen molar-refractivity contribution in [2.75, 3.05) is 25.6 Å². The van der Waals surface area contributed by atoms with Gasteiger partial charge in [-0.3, -0.25) is 14.4 Å². The normalized spacial score (nSPS) is 17.6. The Morgan fingerprint density at radius 2 is 1.65 bits per heavy atom. The molecule has 0 fully saturated rings. The van der Waals surface area contributed by atoms with E-state index in [1.165, 1.54) is 7.11 Å². The van der Waals surface area contributed by atoms with Gasteiger partial charge in [0.2, 0.25) is 0 Å². The summed E-state index contributed by atoms with van der Waals surface area (Å²) >= 11 is 14.1. The van der Waals surface area contributed by atoms with Crippen LogP contribution in [-0.2, 0) is 14.4 Å². The lowest BCUT2D eigenvalue weighted by Crippen LogP contribution is -2.39. The fourth-order valence-corrected chi connectivity index (χ4v) is 6.97. The highest BCUT2D eigenvalue weighted by molar-refractivity contribution is 14.1. The van der Waals surface area contributed by atoms with Crippen LogP contribution in [0.5, 0.6) is 11.5 Å². The Bertz CT molecular complexity index is 1420. The van der Waals surface area contributed by atoms with Gasteiger partial charge in [0.25, 0.3) is 5.91 Å². The van der Waals surface area contributed by atoms with Crippen LogP contribution in [0, 0.1) is 3.57 Å². The molecular formula is C30H29Cl2IN2O5. The molecule has 0 unspecified atom stereocenters. The number of hydrogen-bond acceptors (Lipinski definition) is 6. The van der Waals surface area contributed by atoms with Gasteiger partial charge in [-0.25, -0.2) is 0 Å². The van der Waals surface area contributed by atoms with Gasteiger partial charge in [-0.15, -0.1) is 0 Å². The number of nitrogens with one attached hydrogen (secondary N) is 1. The number of nitrogens with zero attached hydrogens (tertiary/aromatic N) is 1. The SMILES string of the molecule is CCN1C2=C(C(=O)CCC2)C(c2cc(I)c(OCC(=O)Nc3ccc(Cl)c(Cl)c3)c(OC)c2)C2=C1CCCC2=O. The Morgan fingerprint density at radius 3 is 2.23 bits per heavy atom. The minimum absolute atomic E-state index is 0.0999. The fourth-order valence-electron chi connectivity index (χ4n) is 5.89. The number of allylic oxidation sites excluding steroid dienone is 4. The molecule has 7 nitrogen and oxygen atoms in total. The molecule has 210 valence electrons. The summed E-state index contributed by atoms with van der Waals surface area (Å²) in [7, 11) is 1.53. The largest absolute Gasteiger partial charge is 0.493 e. The molecule has 0 spiro atoms. The van der Waals surface area contributed by atoms with Crippen molar-refractivity contribution >= 4 is 69.0 Å². The van der Waals surface area contributed by atoms with Crippen molar-refractivity contribution < 1.29 is 23.9 Å². The standard InChI is InChI=1S/C30H29Cl2IN2O5/c1-3-35-21-6-4-8-23(36)28(21)27(29-22(35)7-5-9-24(29)37)16-12-20(33)30(25(13-16)39-2)40-15-26(38)34-17-10-11-18(31)19(32)14-17/h10-14,27H,3-9,15H2,1-2H3,(H,34,38). The number of rotatable bonds is 7. The summed E-state index contributed by atoms with van der Waals surface area (Å²) in [6, 6.07) is 8.59. The van der Waals surface area contributed by atoms with Crippen LogP contribution in [0.2, 0.25) is 10.0 Å². The van der Waals surface area contributed by atoms with Gasteiger partial charge in [0.15, 0.2) is 29.7 Å². The molecule has 1 N–H and O–H groups in total. The van der Waals surface area contributed by atoms with Crippen LogP contribution in [0.4, 0.5) is 5.69 Å². The first kappa shape index (κ1) is 29.0. The molecule has 2 aromatic carbocycles. The Balaban J connectivity index is 1.47. The van der Waals surface area contributed by atoms with Crippen molar-refractivity contribution in [1.82, 2.24) is 4.90 Å². The van der Waals surface area contributed by atoms with Gasteiger partial charge < -0.3 is 19.7 Å². The zero-order valence-electron chi connectivity index (χ0n) is 22.2. The number of carbonyl (C=O) groups is 3. The molecule has 40 heavy (non-hydrogen) atoms. The van der Waals surface area contributed by atoms with Crippen molar-refractivity contribution in [3.63, 3.8) is 0 Å². The van der Waals surface area contributed by atoms with Crippen LogP contribution in [0.3, 0.4) is 0 Å². The number of benzene rings is 2. The minimum atomic E-state index is -0.442. The van der Waals surface area contributed by atoms with E-state index in [4.69, 9.17) is 32.7 Å². The number of methoxy groups -OCH3 is 1. The van der Waals surface area contributed by atoms with Gasteiger partial charge in [-0.05, 0) is 91.1 Å². The lowest BCUT2D eigenvalue weighted by atomic mass is 9.71. The molecule has 0 aromatic heterocycles. The zero-order chi connectivity index (χ0) is 28.6. The van der Waals surface area contributed by atoms with Crippen LogP contribution < -0.4 is 14.8 Å². The minimum Gasteiger partial charge on any atom is -0.493 e. The Kier molecular flexibility index (Phi) is 8.78. The predicted octanol–water partition coefficient (Wildman–Crippen LogP) is 7.06. The summed E-state index contributed by atoms with van der Waals surface area (Å²) in [5, 5.41) is 3.47. The van der Waals surface area contributed by atoms with Crippen molar-refractivity contribution in [2.24, 2.45) is 0 Å². The van der Waals surface area contributed by atoms with E-state index in [9.17, 15) is 14.4 Å². The predicted molar refractivity (Wildman–Crippen MR) is 163 cm³/mol. The topological polar surface area (TPSA) is 84.9 Å². The summed E-state index contributed by atoms with van der Waals surface area (Å²) in [4.78, 5) is 41.6. The maximum absolute atomic E-state index is 13.4. The zero-order valence-corrected chi connectivity index (χ0v) is 25.9. The highest BCUT2D eigenvalue weighted by atomic mass is 127. The smallest absolute Gasteiger partial charge is 0.262 e. The monoisotopic (exact) mass is 694 g/mol. The number of amides is 1. The molecule has 5 rings (SSSR count). The number of halogens is 3. The van der Waals surface area contributed by atoms with E-state index >= 15 is 0 Å². The molecular weight excluding hydrogens is 666 g/mol. The third kappa shape index (κ3) is 5.50. The number of ketones is 2. The third-order valence-electron chi connectivity index (χ3n) is 7.54. The molecule has 1 amide bonds. The maximum Gasteiger partial charge on any atom is 0.262 e. The van der Waals surface area contributed by atoms with Gasteiger partial charge in [0.1, 0.15) is 0 Å². The molecule has 3 aliphatic rings. The summed E-state index contributed by atoms with van der Waals surface area (Å²) in [6.45, 7) is 2.54. The van der Waals surface area contributed by atoms with E-state index in [1.54, 1.807) is 18.2 Å². The van der Waals surface area contributed by atoms with E-state index in [-0.39, 0.29) is 24.1 Å². The maximum atomic E-state index is 13.4. The second-order valence-electron chi connectivity index (χ2n) is 9.95. The van der Waals surface area contributed by atoms with E-state index < -0.39 is 5.92 Å². The molecule has 0 bridgehead atoms. The first-order chi connectivity index (χ1) is 19.2. The van der Waals surface area contributed by atoms with Gasteiger partial charge >= 0.3 is 0 Å². The number of ether oxygens (including phenoxy) is 2. The van der Waals surface area contributed by atoms with Crippen molar-refractivity contribution in [2.45, 2.75) is 51.4 Å². The van der Waals surface area contributed by atoms with Crippen molar-refractivity contribution in [3.05, 3.63) is 72.1 Å². The lowest BCUT2D eigenvalue weighted by molar-refractivity contribution is -0.118. The number of carbonyl (C=O) groups excluding carboxylic acids is 3. The number of anilines is 1. The first-order valence-electron chi connectivity index (χ1n) is 13.3. The van der Waals surface area contributed by atoms with Gasteiger partial charge in [0.05, 0.1) is 20.7 Å². The Labute approximate surface area is 257 Å². The van der Waals surface area contributed by atoms with Crippen molar-refractivity contribution in [3.8, 4) is 11.5 Å². The molecule has 1 aliphatic heterocycles. The van der Waals surface area contributed by atoms with E-state index in [0.29, 0.717) is 43.6 Å². The molecule has 0 atom stereocenters. The van der Waals surface area contributed by atoms with Crippen LogP contribution in [-0.4, -0.2) is 42.6 Å². The van der Waals surface area contributed by atoms with E-state index in [0.717, 1.165) is 60.3 Å². The molecule has 2 aliphatic carbocycles. The summed E-state index contributed by atoms with van der Waals surface area (Å²) in [5.74, 6) is 0.222. The van der Waals surface area contributed by atoms with Gasteiger partial charge in [0, 0.05) is 53.5 Å². The van der Waals surface area contributed by atoms with Crippen LogP contribution >= 0.6 is 45.8 Å². The molecule has 1 heterocycles. The fraction of sp³-hybridized carbons (Fsp3) is 0.367. The lowest BCUT2D eigenvalue weighted by Gasteiger charge is -2.43.